The predicted molar refractivity (Wildman–Crippen MR) is 137 cm³/mol. The molecule has 0 bridgehead atoms. The van der Waals surface area contributed by atoms with E-state index in [1.165, 1.54) is 4.90 Å². The number of β-lactam (4-membered cyclic amide) rings is 1. The molecule has 2 saturated heterocycles. The first-order chi connectivity index (χ1) is 19.1. The van der Waals surface area contributed by atoms with Crippen molar-refractivity contribution in [1.29, 1.82) is 0 Å². The summed E-state index contributed by atoms with van der Waals surface area (Å²) in [4.78, 5) is 79.2. The summed E-state index contributed by atoms with van der Waals surface area (Å²) < 4.78 is 5.28. The van der Waals surface area contributed by atoms with Crippen LogP contribution in [0.2, 0.25) is 0 Å². The van der Waals surface area contributed by atoms with Crippen molar-refractivity contribution in [1.82, 2.24) is 30.8 Å². The summed E-state index contributed by atoms with van der Waals surface area (Å²) in [7, 11) is 0. The summed E-state index contributed by atoms with van der Waals surface area (Å²) in [5.41, 5.74) is 1.62. The number of ether oxygens (including phenoxy) is 1. The summed E-state index contributed by atoms with van der Waals surface area (Å²) in [6, 6.07) is 4.40. The van der Waals surface area contributed by atoms with Crippen LogP contribution in [0.1, 0.15) is 25.5 Å². The molecule has 3 heterocycles. The van der Waals surface area contributed by atoms with Crippen LogP contribution in [0.25, 0.3) is 0 Å². The second kappa shape index (κ2) is 11.9. The second-order valence-corrected chi connectivity index (χ2v) is 10.1. The Labute approximate surface area is 232 Å². The maximum atomic E-state index is 13.6. The third-order valence-corrected chi connectivity index (χ3v) is 7.90. The Hall–Kier alpha value is -4.15. The Morgan fingerprint density at radius 2 is 1.82 bits per heavy atom. The topological polar surface area (TPSA) is 198 Å². The number of carbonyl (C=O) groups is 6. The number of thioether (sulfide) groups is 1. The number of urea groups is 2. The van der Waals surface area contributed by atoms with E-state index in [0.29, 0.717) is 18.7 Å². The number of aliphatic carboxylic acids is 1. The molecule has 4 atom stereocenters. The number of fused-ring (bicyclic) bond motifs is 1. The number of nitrogens with one attached hydrogen (secondary N) is 3. The van der Waals surface area contributed by atoms with Gasteiger partial charge < -0.3 is 30.6 Å². The Kier molecular flexibility index (Phi) is 8.61. The number of hydrogen-bond donors (Lipinski definition) is 5. The molecule has 5 N–H and O–H groups in total. The first-order valence-electron chi connectivity index (χ1n) is 12.3. The monoisotopic (exact) mass is 576 g/mol. The number of esters is 1. The van der Waals surface area contributed by atoms with E-state index >= 15 is 0 Å². The molecule has 1 aromatic carbocycles. The lowest BCUT2D eigenvalue weighted by Crippen LogP contribution is -2.69. The molecule has 0 saturated carbocycles. The Morgan fingerprint density at radius 3 is 2.40 bits per heavy atom. The van der Waals surface area contributed by atoms with Crippen molar-refractivity contribution in [3.63, 3.8) is 0 Å². The maximum Gasteiger partial charge on any atom is 0.352 e. The standard InChI is InChI=1S/C24H28N6O9S/c1-3-28-9-10-29(24(28)37)23(36)25-15(13-7-5-4-6-8-13)18(32)26-19(39-12(2)31)14-11-40-21-16(27-38)20(33)30(21)17(14)22(34)35/h4-8,15-16,19,21,27,38H,3,9-11H2,1-2H3,(H,25,36)(H,26,32)(H,34,35)/t15?,16-,19?,21+/m0/s1. The first kappa shape index (κ1) is 28.8. The van der Waals surface area contributed by atoms with Gasteiger partial charge in [-0.3, -0.25) is 19.3 Å². The van der Waals surface area contributed by atoms with Crippen LogP contribution in [0.3, 0.4) is 0 Å². The summed E-state index contributed by atoms with van der Waals surface area (Å²) in [5.74, 6) is -3.99. The highest BCUT2D eigenvalue weighted by Gasteiger charge is 2.54. The Morgan fingerprint density at radius 1 is 1.12 bits per heavy atom. The van der Waals surface area contributed by atoms with Gasteiger partial charge in [0.2, 0.25) is 12.1 Å². The van der Waals surface area contributed by atoms with E-state index in [9.17, 15) is 39.1 Å². The molecule has 0 aliphatic carbocycles. The predicted octanol–water partition coefficient (Wildman–Crippen LogP) is -0.199. The number of hydrogen-bond acceptors (Lipinski definition) is 10. The zero-order valence-corrected chi connectivity index (χ0v) is 22.3. The number of carboxylic acids is 1. The van der Waals surface area contributed by atoms with Crippen molar-refractivity contribution in [2.24, 2.45) is 0 Å². The number of carboxylic acid groups (broad SMARTS) is 1. The lowest BCUT2D eigenvalue weighted by Gasteiger charge is -2.49. The SMILES string of the molecule is CCN1CCN(C(=O)NC(C(=O)NC(OC(C)=O)C2=C(C(=O)O)N3C(=O)[C@H](NO)[C@H]3SC2)c2ccccc2)C1=O. The Balaban J connectivity index is 1.63. The molecule has 15 nitrogen and oxygen atoms in total. The summed E-state index contributed by atoms with van der Waals surface area (Å²) in [6.07, 6.45) is -1.61. The number of amides is 6. The van der Waals surface area contributed by atoms with Gasteiger partial charge in [-0.1, -0.05) is 30.3 Å². The fraction of sp³-hybridized carbons (Fsp3) is 0.417. The number of hydroxylamine groups is 1. The molecule has 0 aromatic heterocycles. The van der Waals surface area contributed by atoms with E-state index in [2.05, 4.69) is 10.6 Å². The van der Waals surface area contributed by atoms with E-state index in [1.807, 2.05) is 5.48 Å². The lowest BCUT2D eigenvalue weighted by molar-refractivity contribution is -0.154. The number of rotatable bonds is 9. The fourth-order valence-corrected chi connectivity index (χ4v) is 5.97. The number of nitrogens with zero attached hydrogens (tertiary/aromatic N) is 3. The third-order valence-electron chi connectivity index (χ3n) is 6.60. The van der Waals surface area contributed by atoms with E-state index in [-0.39, 0.29) is 17.9 Å². The average molecular weight is 577 g/mol. The molecule has 4 rings (SSSR count). The lowest BCUT2D eigenvalue weighted by atomic mass is 10.0. The fourth-order valence-electron chi connectivity index (χ4n) is 4.61. The van der Waals surface area contributed by atoms with Gasteiger partial charge in [-0.2, -0.15) is 5.48 Å². The largest absolute Gasteiger partial charge is 0.477 e. The van der Waals surface area contributed by atoms with Gasteiger partial charge in [-0.15, -0.1) is 11.8 Å². The molecular formula is C24H28N6O9S. The maximum absolute atomic E-state index is 13.6. The van der Waals surface area contributed by atoms with Gasteiger partial charge in [0.1, 0.15) is 23.2 Å². The highest BCUT2D eigenvalue weighted by atomic mass is 32.2. The molecule has 3 aliphatic rings. The van der Waals surface area contributed by atoms with Gasteiger partial charge in [0, 0.05) is 37.9 Å². The van der Waals surface area contributed by atoms with E-state index in [1.54, 1.807) is 37.3 Å². The van der Waals surface area contributed by atoms with E-state index in [4.69, 9.17) is 4.74 Å². The van der Waals surface area contributed by atoms with Gasteiger partial charge in [-0.25, -0.2) is 19.3 Å². The molecular weight excluding hydrogens is 548 g/mol. The normalized spacial score (nSPS) is 21.8. The zero-order chi connectivity index (χ0) is 29.1. The van der Waals surface area contributed by atoms with Crippen molar-refractivity contribution in [2.45, 2.75) is 37.5 Å². The molecule has 40 heavy (non-hydrogen) atoms. The molecule has 16 heteroatoms. The van der Waals surface area contributed by atoms with Gasteiger partial charge in [0.15, 0.2) is 0 Å². The average Bonchev–Trinajstić information content (AvgIpc) is 3.31. The van der Waals surface area contributed by atoms with Gasteiger partial charge in [0.05, 0.1) is 0 Å². The second-order valence-electron chi connectivity index (χ2n) is 9.00. The van der Waals surface area contributed by atoms with Crippen LogP contribution >= 0.6 is 11.8 Å². The number of imide groups is 1. The van der Waals surface area contributed by atoms with Crippen LogP contribution in [-0.2, 0) is 23.9 Å². The molecule has 3 aliphatic heterocycles. The number of benzene rings is 1. The minimum Gasteiger partial charge on any atom is -0.477 e. The third kappa shape index (κ3) is 5.45. The molecule has 2 unspecified atom stereocenters. The van der Waals surface area contributed by atoms with Crippen molar-refractivity contribution in [2.75, 3.05) is 25.4 Å². The summed E-state index contributed by atoms with van der Waals surface area (Å²) in [6.45, 7) is 3.71. The minimum absolute atomic E-state index is 0.0655. The van der Waals surface area contributed by atoms with E-state index in [0.717, 1.165) is 28.5 Å². The zero-order valence-electron chi connectivity index (χ0n) is 21.5. The summed E-state index contributed by atoms with van der Waals surface area (Å²) in [5, 5.41) is 23.5. The molecule has 6 amide bonds. The van der Waals surface area contributed by atoms with Crippen LogP contribution < -0.4 is 16.1 Å². The molecule has 214 valence electrons. The van der Waals surface area contributed by atoms with Gasteiger partial charge in [0.25, 0.3) is 5.91 Å². The molecule has 2 fully saturated rings. The van der Waals surface area contributed by atoms with Crippen LogP contribution in [0.5, 0.6) is 0 Å². The van der Waals surface area contributed by atoms with Gasteiger partial charge >= 0.3 is 24.0 Å². The van der Waals surface area contributed by atoms with Crippen molar-refractivity contribution < 1.29 is 43.8 Å². The van der Waals surface area contributed by atoms with Crippen molar-refractivity contribution >= 4 is 47.6 Å². The van der Waals surface area contributed by atoms with Gasteiger partial charge in [-0.05, 0) is 12.5 Å². The summed E-state index contributed by atoms with van der Waals surface area (Å²) >= 11 is 1.10. The van der Waals surface area contributed by atoms with Crippen molar-refractivity contribution in [3.8, 4) is 0 Å². The quantitative estimate of drug-likeness (QED) is 0.113. The van der Waals surface area contributed by atoms with Crippen LogP contribution in [0.4, 0.5) is 9.59 Å². The Bertz CT molecular complexity index is 1260. The molecule has 0 radical (unpaired) electrons. The van der Waals surface area contributed by atoms with Crippen molar-refractivity contribution in [3.05, 3.63) is 47.2 Å². The first-order valence-corrected chi connectivity index (χ1v) is 13.3. The number of carbonyl (C=O) groups excluding carboxylic acids is 5. The number of likely N-dealkylation sites (N-methyl/N-ethyl adjacent to an activating group) is 1. The van der Waals surface area contributed by atoms with Crippen LogP contribution in [0, 0.1) is 0 Å². The van der Waals surface area contributed by atoms with Crippen LogP contribution in [0.15, 0.2) is 41.6 Å². The van der Waals surface area contributed by atoms with Crippen LogP contribution in [-0.4, -0.2) is 104 Å². The molecule has 1 aromatic rings. The minimum atomic E-state index is -1.61. The molecule has 0 spiro atoms. The smallest absolute Gasteiger partial charge is 0.352 e. The highest BCUT2D eigenvalue weighted by Crippen LogP contribution is 2.41. The highest BCUT2D eigenvalue weighted by molar-refractivity contribution is 8.00. The van der Waals surface area contributed by atoms with E-state index < -0.39 is 65.2 Å².